The fourth-order valence-corrected chi connectivity index (χ4v) is 5.43. The predicted molar refractivity (Wildman–Crippen MR) is 60.7 cm³/mol. The zero-order valence-corrected chi connectivity index (χ0v) is 9.72. The van der Waals surface area contributed by atoms with Crippen LogP contribution in [0.2, 0.25) is 6.04 Å². The van der Waals surface area contributed by atoms with Crippen molar-refractivity contribution < 1.29 is 0 Å². The summed E-state index contributed by atoms with van der Waals surface area (Å²) in [6, 6.07) is 11.2. The Bertz CT molecular complexity index is 289. The molecule has 4 heteroatoms. The summed E-state index contributed by atoms with van der Waals surface area (Å²) in [5.74, 6) is 0. The fourth-order valence-electron chi connectivity index (χ4n) is 1.67. The normalized spacial score (nSPS) is 20.6. The molecular weight excluding hydrogens is 221 g/mol. The Morgan fingerprint density at radius 3 is 2.38 bits per heavy atom. The van der Waals surface area contributed by atoms with Gasteiger partial charge in [-0.25, -0.2) is 0 Å². The van der Waals surface area contributed by atoms with Gasteiger partial charge in [-0.2, -0.15) is 0 Å². The maximum Gasteiger partial charge on any atom is 0.352 e. The SMILES string of the molecule is Cl[Si]1(Cl)CCCN1c1ccccc1. The Kier molecular flexibility index (Phi) is 2.54. The van der Waals surface area contributed by atoms with E-state index in [4.69, 9.17) is 22.2 Å². The van der Waals surface area contributed by atoms with Crippen molar-refractivity contribution in [1.82, 2.24) is 0 Å². The molecule has 0 bridgehead atoms. The Hall–Kier alpha value is -0.183. The quantitative estimate of drug-likeness (QED) is 0.530. The average Bonchev–Trinajstić information content (AvgIpc) is 2.47. The summed E-state index contributed by atoms with van der Waals surface area (Å²) >= 11 is 12.6. The number of anilines is 1. The van der Waals surface area contributed by atoms with E-state index in [2.05, 4.69) is 16.7 Å². The number of nitrogens with zero attached hydrogens (tertiary/aromatic N) is 1. The van der Waals surface area contributed by atoms with Crippen molar-refractivity contribution >= 4 is 34.7 Å². The van der Waals surface area contributed by atoms with Crippen LogP contribution in [0.3, 0.4) is 0 Å². The van der Waals surface area contributed by atoms with Crippen LogP contribution >= 0.6 is 22.2 Å². The molecule has 0 amide bonds. The number of benzene rings is 1. The van der Waals surface area contributed by atoms with Crippen LogP contribution in [0, 0.1) is 0 Å². The molecule has 0 aliphatic carbocycles. The molecule has 70 valence electrons. The smallest absolute Gasteiger partial charge is 0.352 e. The lowest BCUT2D eigenvalue weighted by atomic mass is 10.3. The summed E-state index contributed by atoms with van der Waals surface area (Å²) in [6.45, 7) is -1.13. The standard InChI is InChI=1S/C9H11Cl2NSi/c10-13(11)8-4-7-12(13)9-5-2-1-3-6-9/h1-3,5-6H,4,7-8H2. The molecule has 1 nitrogen and oxygen atoms in total. The van der Waals surface area contributed by atoms with Crippen LogP contribution in [-0.4, -0.2) is 13.4 Å². The first-order valence-corrected chi connectivity index (χ1v) is 8.58. The van der Waals surface area contributed by atoms with E-state index in [9.17, 15) is 0 Å². The molecule has 1 aromatic rings. The summed E-state index contributed by atoms with van der Waals surface area (Å²) in [5, 5.41) is 0. The lowest BCUT2D eigenvalue weighted by Gasteiger charge is -2.26. The van der Waals surface area contributed by atoms with Gasteiger partial charge in [0.05, 0.1) is 0 Å². The van der Waals surface area contributed by atoms with Crippen LogP contribution < -0.4 is 4.57 Å². The average molecular weight is 232 g/mol. The third kappa shape index (κ3) is 1.85. The Labute approximate surface area is 88.8 Å². The van der Waals surface area contributed by atoms with E-state index in [1.807, 2.05) is 18.2 Å². The number of para-hydroxylation sites is 1. The number of rotatable bonds is 1. The molecule has 1 saturated heterocycles. The molecule has 0 unspecified atom stereocenters. The highest BCUT2D eigenvalue weighted by Crippen LogP contribution is 2.36. The fraction of sp³-hybridized carbons (Fsp3) is 0.333. The van der Waals surface area contributed by atoms with Crippen molar-refractivity contribution in [3.05, 3.63) is 30.3 Å². The largest absolute Gasteiger partial charge is 0.374 e. The molecule has 1 aromatic carbocycles. The minimum Gasteiger partial charge on any atom is -0.374 e. The van der Waals surface area contributed by atoms with E-state index in [1.54, 1.807) is 0 Å². The maximum absolute atomic E-state index is 6.30. The summed E-state index contributed by atoms with van der Waals surface area (Å²) < 4.78 is 2.18. The van der Waals surface area contributed by atoms with Crippen molar-refractivity contribution in [2.45, 2.75) is 12.5 Å². The highest BCUT2D eigenvalue weighted by Gasteiger charge is 2.41. The van der Waals surface area contributed by atoms with E-state index in [0.717, 1.165) is 24.7 Å². The Morgan fingerprint density at radius 2 is 1.85 bits per heavy atom. The molecule has 0 atom stereocenters. The van der Waals surface area contributed by atoms with Gasteiger partial charge in [0.15, 0.2) is 0 Å². The molecule has 13 heavy (non-hydrogen) atoms. The molecule has 0 spiro atoms. The lowest BCUT2D eigenvalue weighted by molar-refractivity contribution is 0.982. The minimum atomic E-state index is -2.13. The second-order valence-corrected chi connectivity index (χ2v) is 9.96. The number of hydrogen-bond acceptors (Lipinski definition) is 1. The number of halogens is 2. The van der Waals surface area contributed by atoms with Gasteiger partial charge in [-0.15, -0.1) is 22.2 Å². The van der Waals surface area contributed by atoms with Crippen LogP contribution in [0.15, 0.2) is 30.3 Å². The zero-order valence-electron chi connectivity index (χ0n) is 7.21. The van der Waals surface area contributed by atoms with Crippen molar-refractivity contribution in [3.63, 3.8) is 0 Å². The van der Waals surface area contributed by atoms with Gasteiger partial charge in [0, 0.05) is 12.2 Å². The third-order valence-corrected chi connectivity index (χ3v) is 6.91. The second kappa shape index (κ2) is 3.52. The van der Waals surface area contributed by atoms with E-state index in [0.29, 0.717) is 0 Å². The van der Waals surface area contributed by atoms with Gasteiger partial charge in [-0.3, -0.25) is 0 Å². The van der Waals surface area contributed by atoms with E-state index in [-0.39, 0.29) is 0 Å². The summed E-state index contributed by atoms with van der Waals surface area (Å²) in [5.41, 5.74) is 1.16. The van der Waals surface area contributed by atoms with E-state index in [1.165, 1.54) is 0 Å². The summed E-state index contributed by atoms with van der Waals surface area (Å²) in [7, 11) is 0. The van der Waals surface area contributed by atoms with Gasteiger partial charge < -0.3 is 4.57 Å². The molecule has 1 aliphatic heterocycles. The van der Waals surface area contributed by atoms with Crippen molar-refractivity contribution in [3.8, 4) is 0 Å². The minimum absolute atomic E-state index is 0.977. The van der Waals surface area contributed by atoms with Crippen molar-refractivity contribution in [1.29, 1.82) is 0 Å². The first-order valence-electron chi connectivity index (χ1n) is 4.41. The Balaban J connectivity index is 2.27. The maximum atomic E-state index is 6.30. The lowest BCUT2D eigenvalue weighted by Crippen LogP contribution is -2.38. The van der Waals surface area contributed by atoms with Gasteiger partial charge in [0.2, 0.25) is 0 Å². The van der Waals surface area contributed by atoms with Crippen LogP contribution in [0.4, 0.5) is 5.69 Å². The van der Waals surface area contributed by atoms with Gasteiger partial charge in [-0.05, 0) is 24.6 Å². The molecule has 1 aliphatic rings. The zero-order chi connectivity index (χ0) is 9.31. The second-order valence-electron chi connectivity index (χ2n) is 3.26. The van der Waals surface area contributed by atoms with Crippen LogP contribution in [-0.2, 0) is 0 Å². The number of hydrogen-bond donors (Lipinski definition) is 0. The van der Waals surface area contributed by atoms with Crippen LogP contribution in [0.25, 0.3) is 0 Å². The van der Waals surface area contributed by atoms with Crippen molar-refractivity contribution in [2.24, 2.45) is 0 Å². The van der Waals surface area contributed by atoms with Gasteiger partial charge in [0.25, 0.3) is 0 Å². The predicted octanol–water partition coefficient (Wildman–Crippen LogP) is 3.31. The van der Waals surface area contributed by atoms with Gasteiger partial charge in [0.1, 0.15) is 0 Å². The highest BCUT2D eigenvalue weighted by molar-refractivity contribution is 7.47. The first-order chi connectivity index (χ1) is 6.20. The van der Waals surface area contributed by atoms with Crippen LogP contribution in [0.1, 0.15) is 6.42 Å². The first kappa shape index (κ1) is 9.37. The molecule has 2 rings (SSSR count). The van der Waals surface area contributed by atoms with E-state index >= 15 is 0 Å². The third-order valence-electron chi connectivity index (χ3n) is 2.32. The molecule has 0 radical (unpaired) electrons. The summed E-state index contributed by atoms with van der Waals surface area (Å²) in [4.78, 5) is 0. The molecule has 0 saturated carbocycles. The molecule has 1 heterocycles. The highest BCUT2D eigenvalue weighted by atomic mass is 35.7. The monoisotopic (exact) mass is 231 g/mol. The molecule has 0 aromatic heterocycles. The van der Waals surface area contributed by atoms with Crippen LogP contribution in [0.5, 0.6) is 0 Å². The van der Waals surface area contributed by atoms with Gasteiger partial charge in [-0.1, -0.05) is 18.2 Å². The molecular formula is C9H11Cl2NSi. The Morgan fingerprint density at radius 1 is 1.15 bits per heavy atom. The van der Waals surface area contributed by atoms with Crippen molar-refractivity contribution in [2.75, 3.05) is 11.1 Å². The topological polar surface area (TPSA) is 3.24 Å². The molecule has 1 fully saturated rings. The summed E-state index contributed by atoms with van der Waals surface area (Å²) in [6.07, 6.45) is 1.12. The van der Waals surface area contributed by atoms with E-state index < -0.39 is 6.86 Å². The van der Waals surface area contributed by atoms with Gasteiger partial charge >= 0.3 is 6.86 Å². The molecule has 0 N–H and O–H groups in total.